The van der Waals surface area contributed by atoms with Gasteiger partial charge in [0.2, 0.25) is 0 Å². The average molecular weight is 211 g/mol. The molecule has 0 aliphatic carbocycles. The Morgan fingerprint density at radius 3 is 2.56 bits per heavy atom. The number of aromatic nitrogens is 2. The number of anilines is 1. The highest BCUT2D eigenvalue weighted by Crippen LogP contribution is 2.30. The van der Waals surface area contributed by atoms with Crippen molar-refractivity contribution in [3.8, 4) is 11.1 Å². The summed E-state index contributed by atoms with van der Waals surface area (Å²) in [6, 6.07) is 9.85. The molecule has 1 N–H and O–H groups in total. The summed E-state index contributed by atoms with van der Waals surface area (Å²) in [6.07, 6.45) is 5.43. The van der Waals surface area contributed by atoms with Crippen LogP contribution in [0.1, 0.15) is 0 Å². The van der Waals surface area contributed by atoms with E-state index in [2.05, 4.69) is 9.97 Å². The van der Waals surface area contributed by atoms with Crippen LogP contribution < -0.4 is 10.6 Å². The summed E-state index contributed by atoms with van der Waals surface area (Å²) in [5.41, 5.74) is 1.63. The van der Waals surface area contributed by atoms with Crippen LogP contribution in [0.4, 0.5) is 5.82 Å². The van der Waals surface area contributed by atoms with E-state index >= 15 is 0 Å². The summed E-state index contributed by atoms with van der Waals surface area (Å²) in [5, 5.41) is 0. The molecule has 1 aliphatic heterocycles. The van der Waals surface area contributed by atoms with Gasteiger partial charge in [-0.1, -0.05) is 30.3 Å². The topological polar surface area (TPSA) is 48.8 Å². The molecule has 4 nitrogen and oxygen atoms in total. The summed E-state index contributed by atoms with van der Waals surface area (Å²) >= 11 is 0. The van der Waals surface area contributed by atoms with Gasteiger partial charge in [0, 0.05) is 24.2 Å². The highest BCUT2D eigenvalue weighted by molar-refractivity contribution is 5.78. The van der Waals surface area contributed by atoms with Crippen LogP contribution in [-0.4, -0.2) is 9.97 Å². The summed E-state index contributed by atoms with van der Waals surface area (Å²) in [4.78, 5) is 19.6. The molecule has 16 heavy (non-hydrogen) atoms. The van der Waals surface area contributed by atoms with E-state index in [1.807, 2.05) is 47.6 Å². The third-order valence-corrected chi connectivity index (χ3v) is 2.42. The Balaban J connectivity index is 2.16. The monoisotopic (exact) mass is 211 g/mol. The van der Waals surface area contributed by atoms with Crippen LogP contribution in [0.15, 0.2) is 53.7 Å². The molecule has 0 bridgehead atoms. The summed E-state index contributed by atoms with van der Waals surface area (Å²) in [6.45, 7) is 0. The molecular formula is C12H9N3O. The van der Waals surface area contributed by atoms with Gasteiger partial charge in [0.1, 0.15) is 0 Å². The lowest BCUT2D eigenvalue weighted by molar-refractivity contribution is 1.07. The Labute approximate surface area is 91.9 Å². The Hall–Kier alpha value is -2.36. The molecule has 1 aliphatic rings. The maximum absolute atomic E-state index is 11.2. The maximum Gasteiger partial charge on any atom is 0.346 e. The van der Waals surface area contributed by atoms with Crippen molar-refractivity contribution >= 4 is 5.82 Å². The van der Waals surface area contributed by atoms with Crippen LogP contribution in [0.25, 0.3) is 11.1 Å². The van der Waals surface area contributed by atoms with Gasteiger partial charge in [-0.15, -0.1) is 0 Å². The van der Waals surface area contributed by atoms with Gasteiger partial charge in [0.25, 0.3) is 0 Å². The van der Waals surface area contributed by atoms with E-state index < -0.39 is 0 Å². The van der Waals surface area contributed by atoms with Gasteiger partial charge in [-0.2, -0.15) is 4.98 Å². The zero-order valence-electron chi connectivity index (χ0n) is 8.42. The van der Waals surface area contributed by atoms with E-state index in [4.69, 9.17) is 0 Å². The highest BCUT2D eigenvalue weighted by Gasteiger charge is 2.16. The Morgan fingerprint density at radius 1 is 1.12 bits per heavy atom. The van der Waals surface area contributed by atoms with E-state index in [-0.39, 0.29) is 5.69 Å². The van der Waals surface area contributed by atoms with E-state index in [0.717, 1.165) is 11.1 Å². The lowest BCUT2D eigenvalue weighted by atomic mass is 10.1. The van der Waals surface area contributed by atoms with Gasteiger partial charge in [-0.05, 0) is 5.56 Å². The predicted octanol–water partition coefficient (Wildman–Crippen LogP) is 1.73. The molecule has 0 fully saturated rings. The first-order valence-corrected chi connectivity index (χ1v) is 4.96. The fraction of sp³-hybridized carbons (Fsp3) is 0. The van der Waals surface area contributed by atoms with Crippen molar-refractivity contribution in [1.29, 1.82) is 0 Å². The number of benzene rings is 1. The van der Waals surface area contributed by atoms with Crippen molar-refractivity contribution in [2.45, 2.75) is 0 Å². The first-order chi connectivity index (χ1) is 7.84. The number of hydrogen-bond donors (Lipinski definition) is 1. The van der Waals surface area contributed by atoms with Crippen LogP contribution >= 0.6 is 0 Å². The van der Waals surface area contributed by atoms with Crippen LogP contribution in [0, 0.1) is 0 Å². The largest absolute Gasteiger partial charge is 0.346 e. The molecule has 0 radical (unpaired) electrons. The Kier molecular flexibility index (Phi) is 1.86. The molecule has 4 heteroatoms. The third-order valence-electron chi connectivity index (χ3n) is 2.42. The number of nitrogens with zero attached hydrogens (tertiary/aromatic N) is 2. The van der Waals surface area contributed by atoms with E-state index in [1.165, 1.54) is 0 Å². The summed E-state index contributed by atoms with van der Waals surface area (Å²) in [7, 11) is 0. The zero-order chi connectivity index (χ0) is 11.0. The maximum atomic E-state index is 11.2. The van der Waals surface area contributed by atoms with Crippen molar-refractivity contribution < 1.29 is 0 Å². The third kappa shape index (κ3) is 1.50. The van der Waals surface area contributed by atoms with Crippen LogP contribution in [0.5, 0.6) is 0 Å². The normalized spacial score (nSPS) is 12.9. The first-order valence-electron chi connectivity index (χ1n) is 4.96. The van der Waals surface area contributed by atoms with E-state index in [0.29, 0.717) is 5.82 Å². The second-order valence-corrected chi connectivity index (χ2v) is 3.51. The second kappa shape index (κ2) is 3.34. The van der Waals surface area contributed by atoms with Crippen LogP contribution in [-0.2, 0) is 0 Å². The van der Waals surface area contributed by atoms with Gasteiger partial charge in [-0.3, -0.25) is 0 Å². The zero-order valence-corrected chi connectivity index (χ0v) is 8.42. The van der Waals surface area contributed by atoms with Crippen molar-refractivity contribution in [3.05, 3.63) is 59.4 Å². The summed E-state index contributed by atoms with van der Waals surface area (Å²) in [5.74, 6) is 0.676. The average Bonchev–Trinajstić information content (AvgIpc) is 3.14. The van der Waals surface area contributed by atoms with Gasteiger partial charge >= 0.3 is 5.69 Å². The van der Waals surface area contributed by atoms with Crippen LogP contribution in [0.3, 0.4) is 0 Å². The molecule has 78 valence electrons. The number of aromatic amines is 1. The molecule has 0 saturated carbocycles. The molecule has 0 atom stereocenters. The SMILES string of the molecule is O=c1nc(N2C=C2)c(-c2ccccc2)c[nH]1. The van der Waals surface area contributed by atoms with E-state index in [9.17, 15) is 4.79 Å². The molecule has 0 unspecified atom stereocenters. The highest BCUT2D eigenvalue weighted by atomic mass is 16.1. The minimum Gasteiger partial charge on any atom is -0.312 e. The minimum absolute atomic E-state index is 0.330. The quantitative estimate of drug-likeness (QED) is 0.822. The molecule has 1 aromatic heterocycles. The standard InChI is InChI=1S/C12H9N3O/c16-12-13-8-10(9-4-2-1-3-5-9)11(14-12)15-6-7-15/h1-8H,(H,13,14,16). The minimum atomic E-state index is -0.330. The summed E-state index contributed by atoms with van der Waals surface area (Å²) < 4.78 is 0. The molecule has 0 saturated heterocycles. The van der Waals surface area contributed by atoms with Crippen molar-refractivity contribution in [1.82, 2.24) is 9.97 Å². The molecular weight excluding hydrogens is 202 g/mol. The molecule has 2 aromatic rings. The fourth-order valence-electron chi connectivity index (χ4n) is 1.59. The molecule has 0 spiro atoms. The van der Waals surface area contributed by atoms with Crippen molar-refractivity contribution in [3.63, 3.8) is 0 Å². The van der Waals surface area contributed by atoms with Gasteiger partial charge in [0.05, 0.1) is 0 Å². The number of nitrogens with one attached hydrogen (secondary N) is 1. The lowest BCUT2D eigenvalue weighted by Crippen LogP contribution is -2.13. The fourth-order valence-corrected chi connectivity index (χ4v) is 1.59. The molecule has 2 heterocycles. The second-order valence-electron chi connectivity index (χ2n) is 3.51. The van der Waals surface area contributed by atoms with E-state index in [1.54, 1.807) is 6.20 Å². The van der Waals surface area contributed by atoms with Crippen molar-refractivity contribution in [2.24, 2.45) is 0 Å². The smallest absolute Gasteiger partial charge is 0.312 e. The van der Waals surface area contributed by atoms with Gasteiger partial charge in [-0.25, -0.2) is 4.79 Å². The number of hydrogen-bond acceptors (Lipinski definition) is 3. The first kappa shape index (κ1) is 8.91. The predicted molar refractivity (Wildman–Crippen MR) is 61.9 cm³/mol. The van der Waals surface area contributed by atoms with Crippen molar-refractivity contribution in [2.75, 3.05) is 4.90 Å². The molecule has 0 amide bonds. The van der Waals surface area contributed by atoms with Crippen LogP contribution in [0.2, 0.25) is 0 Å². The van der Waals surface area contributed by atoms with Gasteiger partial charge < -0.3 is 9.88 Å². The molecule has 1 aromatic carbocycles. The number of rotatable bonds is 2. The Morgan fingerprint density at radius 2 is 1.88 bits per heavy atom. The molecule has 3 rings (SSSR count). The lowest BCUT2D eigenvalue weighted by Gasteiger charge is -2.08. The Bertz CT molecular complexity index is 595. The number of H-pyrrole nitrogens is 1. The van der Waals surface area contributed by atoms with Gasteiger partial charge in [0.15, 0.2) is 5.82 Å².